The van der Waals surface area contributed by atoms with Gasteiger partial charge in [-0.05, 0) is 105 Å². The van der Waals surface area contributed by atoms with Gasteiger partial charge in [0.25, 0.3) is 0 Å². The number of hydrogen-bond donors (Lipinski definition) is 1. The minimum Gasteiger partial charge on any atom is -0.497 e. The minimum absolute atomic E-state index is 0.0744. The second-order valence-corrected chi connectivity index (χ2v) is 10.8. The van der Waals surface area contributed by atoms with E-state index in [1.54, 1.807) is 7.11 Å². The van der Waals surface area contributed by atoms with Crippen molar-refractivity contribution < 1.29 is 23.4 Å². The average Bonchev–Trinajstić information content (AvgIpc) is 2.88. The highest BCUT2D eigenvalue weighted by Crippen LogP contribution is 2.32. The third-order valence-corrected chi connectivity index (χ3v) is 8.43. The molecule has 0 amide bonds. The summed E-state index contributed by atoms with van der Waals surface area (Å²) in [5.74, 6) is 0.112. The monoisotopic (exact) mass is 528 g/mol. The van der Waals surface area contributed by atoms with Crippen LogP contribution in [0.25, 0.3) is 10.9 Å². The maximum atomic E-state index is 13.8. The number of carbonyl (C=O) groups is 1. The molecule has 1 aromatic heterocycles. The summed E-state index contributed by atoms with van der Waals surface area (Å²) in [6.45, 7) is 2.48. The first-order valence-electron chi connectivity index (χ1n) is 12.9. The molecule has 0 bridgehead atoms. The molecule has 0 spiro atoms. The van der Waals surface area contributed by atoms with Crippen molar-refractivity contribution in [3.05, 3.63) is 65.9 Å². The molecular weight excluding hydrogens is 494 g/mol. The Hall–Kier alpha value is -2.71. The number of aliphatic carboxylic acids is 1. The first-order valence-corrected chi connectivity index (χ1v) is 13.9. The SMILES string of the molecule is COc1ccc2nccc(CCC[C@@H]3CCN(CCCSc4c(F)cccc4F)C[C@@H]3CC(=O)O)c2c1. The van der Waals surface area contributed by atoms with Crippen LogP contribution in [0.15, 0.2) is 53.6 Å². The van der Waals surface area contributed by atoms with E-state index in [1.807, 2.05) is 24.4 Å². The number of carboxylic acid groups (broad SMARTS) is 1. The highest BCUT2D eigenvalue weighted by molar-refractivity contribution is 7.99. The number of methoxy groups -OCH3 is 1. The summed E-state index contributed by atoms with van der Waals surface area (Å²) in [6, 6.07) is 11.9. The molecule has 1 saturated heterocycles. The lowest BCUT2D eigenvalue weighted by Crippen LogP contribution is -2.42. The predicted molar refractivity (Wildman–Crippen MR) is 143 cm³/mol. The number of nitrogens with zero attached hydrogens (tertiary/aromatic N) is 2. The van der Waals surface area contributed by atoms with E-state index in [4.69, 9.17) is 4.74 Å². The number of aromatic nitrogens is 1. The standard InChI is InChI=1S/C29H34F2N2O3S/c1-36-23-9-10-27-24(18-23)21(11-13-32-27)6-2-5-20-12-15-33(19-22(20)17-28(34)35)14-4-16-37-29-25(30)7-3-8-26(29)31/h3,7-11,13,18,20,22H,2,4-6,12,14-17,19H2,1H3,(H,34,35)/t20-,22+/m1/s1. The molecule has 1 aliphatic heterocycles. The van der Waals surface area contributed by atoms with E-state index >= 15 is 0 Å². The summed E-state index contributed by atoms with van der Waals surface area (Å²) in [5, 5.41) is 10.6. The van der Waals surface area contributed by atoms with E-state index in [0.717, 1.165) is 68.4 Å². The molecule has 8 heteroatoms. The zero-order valence-electron chi connectivity index (χ0n) is 21.2. The van der Waals surface area contributed by atoms with Crippen molar-refractivity contribution in [2.24, 2.45) is 11.8 Å². The molecular formula is C29H34F2N2O3S. The fraction of sp³-hybridized carbons (Fsp3) is 0.448. The average molecular weight is 529 g/mol. The summed E-state index contributed by atoms with van der Waals surface area (Å²) < 4.78 is 33.1. The van der Waals surface area contributed by atoms with Crippen LogP contribution in [0.2, 0.25) is 0 Å². The number of hydrogen-bond acceptors (Lipinski definition) is 5. The summed E-state index contributed by atoms with van der Waals surface area (Å²) in [6.07, 6.45) is 6.67. The van der Waals surface area contributed by atoms with Crippen LogP contribution in [0.5, 0.6) is 5.75 Å². The third kappa shape index (κ3) is 7.42. The van der Waals surface area contributed by atoms with Crippen LogP contribution in [0, 0.1) is 23.5 Å². The minimum atomic E-state index is -0.755. The molecule has 1 fully saturated rings. The van der Waals surface area contributed by atoms with Crippen LogP contribution in [0.4, 0.5) is 8.78 Å². The van der Waals surface area contributed by atoms with E-state index in [0.29, 0.717) is 11.7 Å². The number of fused-ring (bicyclic) bond motifs is 1. The highest BCUT2D eigenvalue weighted by Gasteiger charge is 2.30. The lowest BCUT2D eigenvalue weighted by molar-refractivity contribution is -0.139. The third-order valence-electron chi connectivity index (χ3n) is 7.26. The van der Waals surface area contributed by atoms with Gasteiger partial charge in [-0.25, -0.2) is 8.78 Å². The van der Waals surface area contributed by atoms with Crippen LogP contribution in [0.1, 0.15) is 37.7 Å². The fourth-order valence-electron chi connectivity index (χ4n) is 5.36. The van der Waals surface area contributed by atoms with E-state index in [-0.39, 0.29) is 17.2 Å². The van der Waals surface area contributed by atoms with Crippen molar-refractivity contribution in [3.63, 3.8) is 0 Å². The second-order valence-electron chi connectivity index (χ2n) is 9.71. The Balaban J connectivity index is 1.28. The zero-order chi connectivity index (χ0) is 26.2. The van der Waals surface area contributed by atoms with Crippen LogP contribution in [-0.2, 0) is 11.2 Å². The molecule has 2 atom stereocenters. The summed E-state index contributed by atoms with van der Waals surface area (Å²) in [4.78, 5) is 18.4. The van der Waals surface area contributed by atoms with Gasteiger partial charge >= 0.3 is 5.97 Å². The number of carboxylic acids is 1. The van der Waals surface area contributed by atoms with Crippen molar-refractivity contribution >= 4 is 28.6 Å². The number of halogens is 2. The van der Waals surface area contributed by atoms with Gasteiger partial charge in [-0.15, -0.1) is 11.8 Å². The van der Waals surface area contributed by atoms with Gasteiger partial charge in [0.2, 0.25) is 0 Å². The molecule has 2 heterocycles. The lowest BCUT2D eigenvalue weighted by atomic mass is 9.80. The Kier molecular flexibility index (Phi) is 9.75. The molecule has 1 N–H and O–H groups in total. The number of rotatable bonds is 12. The molecule has 0 unspecified atom stereocenters. The maximum Gasteiger partial charge on any atom is 0.303 e. The number of thioether (sulfide) groups is 1. The van der Waals surface area contributed by atoms with Gasteiger partial charge in [0, 0.05) is 24.5 Å². The second kappa shape index (κ2) is 13.2. The molecule has 4 rings (SSSR count). The summed E-state index contributed by atoms with van der Waals surface area (Å²) in [7, 11) is 1.66. The Morgan fingerprint density at radius 3 is 2.73 bits per heavy atom. The molecule has 0 aliphatic carbocycles. The number of piperidine rings is 1. The smallest absolute Gasteiger partial charge is 0.303 e. The van der Waals surface area contributed by atoms with E-state index in [1.165, 1.54) is 35.5 Å². The van der Waals surface area contributed by atoms with Gasteiger partial charge in [0.15, 0.2) is 0 Å². The summed E-state index contributed by atoms with van der Waals surface area (Å²) in [5.41, 5.74) is 2.19. The largest absolute Gasteiger partial charge is 0.497 e. The predicted octanol–water partition coefficient (Wildman–Crippen LogP) is 6.44. The normalized spacial score (nSPS) is 18.2. The van der Waals surface area contributed by atoms with Crippen molar-refractivity contribution in [1.29, 1.82) is 0 Å². The van der Waals surface area contributed by atoms with Gasteiger partial charge in [-0.2, -0.15) is 0 Å². The first-order chi connectivity index (χ1) is 17.9. The van der Waals surface area contributed by atoms with Crippen molar-refractivity contribution in [1.82, 2.24) is 9.88 Å². The van der Waals surface area contributed by atoms with Gasteiger partial charge in [0.1, 0.15) is 17.4 Å². The van der Waals surface area contributed by atoms with E-state index in [2.05, 4.69) is 16.0 Å². The highest BCUT2D eigenvalue weighted by atomic mass is 32.2. The van der Waals surface area contributed by atoms with Gasteiger partial charge in [-0.3, -0.25) is 9.78 Å². The Bertz CT molecular complexity index is 1190. The van der Waals surface area contributed by atoms with Gasteiger partial charge < -0.3 is 14.7 Å². The summed E-state index contributed by atoms with van der Waals surface area (Å²) >= 11 is 1.20. The number of ether oxygens (including phenoxy) is 1. The quantitative estimate of drug-likeness (QED) is 0.216. The molecule has 1 aliphatic rings. The zero-order valence-corrected chi connectivity index (χ0v) is 22.0. The molecule has 3 aromatic rings. The van der Waals surface area contributed by atoms with Crippen molar-refractivity contribution in [2.75, 3.05) is 32.5 Å². The number of aryl methyl sites for hydroxylation is 1. The molecule has 0 saturated carbocycles. The van der Waals surface area contributed by atoms with Crippen LogP contribution < -0.4 is 4.74 Å². The van der Waals surface area contributed by atoms with Crippen LogP contribution in [-0.4, -0.2) is 53.5 Å². The van der Waals surface area contributed by atoms with E-state index in [9.17, 15) is 18.7 Å². The Morgan fingerprint density at radius 2 is 1.97 bits per heavy atom. The Morgan fingerprint density at radius 1 is 1.16 bits per heavy atom. The number of likely N-dealkylation sites (tertiary alicyclic amines) is 1. The van der Waals surface area contributed by atoms with Crippen molar-refractivity contribution in [3.8, 4) is 5.75 Å². The van der Waals surface area contributed by atoms with Gasteiger partial charge in [-0.1, -0.05) is 6.07 Å². The van der Waals surface area contributed by atoms with Crippen LogP contribution >= 0.6 is 11.8 Å². The number of pyridine rings is 1. The van der Waals surface area contributed by atoms with Gasteiger partial charge in [0.05, 0.1) is 17.5 Å². The molecule has 0 radical (unpaired) electrons. The number of benzene rings is 2. The molecule has 5 nitrogen and oxygen atoms in total. The molecule has 37 heavy (non-hydrogen) atoms. The molecule has 2 aromatic carbocycles. The van der Waals surface area contributed by atoms with E-state index < -0.39 is 17.6 Å². The Labute approximate surface area is 221 Å². The lowest BCUT2D eigenvalue weighted by Gasteiger charge is -2.38. The van der Waals surface area contributed by atoms with Crippen LogP contribution in [0.3, 0.4) is 0 Å². The maximum absolute atomic E-state index is 13.8. The van der Waals surface area contributed by atoms with Crippen molar-refractivity contribution in [2.45, 2.75) is 43.4 Å². The fourth-order valence-corrected chi connectivity index (χ4v) is 6.25. The molecule has 198 valence electrons. The topological polar surface area (TPSA) is 62.7 Å². The first kappa shape index (κ1) is 27.3.